The normalized spacial score (nSPS) is 25.1. The first-order valence-electron chi connectivity index (χ1n) is 7.50. The second-order valence-corrected chi connectivity index (χ2v) is 5.07. The molecule has 6 heteroatoms. The van der Waals surface area contributed by atoms with E-state index in [0.717, 1.165) is 6.07 Å². The van der Waals surface area contributed by atoms with Crippen LogP contribution >= 0.6 is 0 Å². The molecule has 0 amide bonds. The van der Waals surface area contributed by atoms with Gasteiger partial charge in [-0.1, -0.05) is 6.07 Å². The van der Waals surface area contributed by atoms with Crippen LogP contribution in [0.15, 0.2) is 18.2 Å². The molecule has 110 valence electrons. The van der Waals surface area contributed by atoms with Gasteiger partial charge in [-0.05, 0) is 50.9 Å². The molecule has 20 heavy (non-hydrogen) atoms. The largest absolute Gasteiger partial charge is 0.573 e. The van der Waals surface area contributed by atoms with Crippen molar-refractivity contribution in [2.24, 2.45) is 0 Å². The Balaban J connectivity index is 2.01. The number of nitrogens with one attached hydrogen (secondary N) is 1. The molecule has 2 heterocycles. The van der Waals surface area contributed by atoms with Crippen LogP contribution in [0.1, 0.15) is 27.6 Å². The van der Waals surface area contributed by atoms with Crippen molar-refractivity contribution in [3.05, 3.63) is 23.8 Å². The van der Waals surface area contributed by atoms with Gasteiger partial charge in [0.2, 0.25) is 0 Å². The summed E-state index contributed by atoms with van der Waals surface area (Å²) < 4.78 is 63.9. The van der Waals surface area contributed by atoms with E-state index in [9.17, 15) is 13.2 Å². The maximum Gasteiger partial charge on any atom is 0.573 e. The summed E-state index contributed by atoms with van der Waals surface area (Å²) in [5.41, 5.74) is -0.824. The predicted molar refractivity (Wildman–Crippen MR) is 66.9 cm³/mol. The highest BCUT2D eigenvalue weighted by molar-refractivity contribution is 5.46. The maximum absolute atomic E-state index is 12.5. The summed E-state index contributed by atoms with van der Waals surface area (Å²) in [6.07, 6.45) is -5.54. The Bertz CT molecular complexity index is 572. The second-order valence-electron chi connectivity index (χ2n) is 5.07. The Morgan fingerprint density at radius 2 is 2.00 bits per heavy atom. The standard InChI is InChI=1S/C14H16F3NO2/c15-14(16,17)20-12-3-1-2-11-10(12)4-5-13(19-11)6-8-18-9-7-13/h1-3,18H,4-9H2/i4D2. The lowest BCUT2D eigenvalue weighted by Crippen LogP contribution is -2.48. The first-order valence-corrected chi connectivity index (χ1v) is 6.50. The van der Waals surface area contributed by atoms with Crippen molar-refractivity contribution in [1.82, 2.24) is 5.32 Å². The quantitative estimate of drug-likeness (QED) is 0.862. The monoisotopic (exact) mass is 289 g/mol. The van der Waals surface area contributed by atoms with Crippen molar-refractivity contribution in [1.29, 1.82) is 0 Å². The highest BCUT2D eigenvalue weighted by Gasteiger charge is 2.39. The third-order valence-electron chi connectivity index (χ3n) is 3.64. The fourth-order valence-corrected chi connectivity index (χ4v) is 2.66. The SMILES string of the molecule is [2H]C1([2H])CC2(CCNCC2)Oc2cccc(OC(F)(F)F)c21. The van der Waals surface area contributed by atoms with Crippen LogP contribution in [-0.4, -0.2) is 25.1 Å². The fourth-order valence-electron chi connectivity index (χ4n) is 2.66. The van der Waals surface area contributed by atoms with E-state index in [-0.39, 0.29) is 17.7 Å². The molecule has 3 rings (SSSR count). The van der Waals surface area contributed by atoms with Gasteiger partial charge in [-0.15, -0.1) is 13.2 Å². The second kappa shape index (κ2) is 4.84. The molecule has 0 aliphatic carbocycles. The number of hydrogen-bond donors (Lipinski definition) is 1. The molecule has 1 spiro atoms. The van der Waals surface area contributed by atoms with Crippen molar-refractivity contribution in [2.45, 2.75) is 37.6 Å². The van der Waals surface area contributed by atoms with Gasteiger partial charge in [0.15, 0.2) is 0 Å². The van der Waals surface area contributed by atoms with E-state index >= 15 is 0 Å². The van der Waals surface area contributed by atoms with Gasteiger partial charge in [0.25, 0.3) is 0 Å². The summed E-state index contributed by atoms with van der Waals surface area (Å²) >= 11 is 0. The smallest absolute Gasteiger partial charge is 0.487 e. The number of piperidine rings is 1. The Morgan fingerprint density at radius 1 is 1.25 bits per heavy atom. The number of rotatable bonds is 1. The van der Waals surface area contributed by atoms with Crippen LogP contribution in [0, 0.1) is 0 Å². The molecular formula is C14H16F3NO2. The van der Waals surface area contributed by atoms with Gasteiger partial charge in [0.1, 0.15) is 17.1 Å². The number of alkyl halides is 3. The first-order chi connectivity index (χ1) is 10.2. The van der Waals surface area contributed by atoms with E-state index in [2.05, 4.69) is 10.1 Å². The van der Waals surface area contributed by atoms with Gasteiger partial charge < -0.3 is 14.8 Å². The van der Waals surface area contributed by atoms with Crippen molar-refractivity contribution in [3.63, 3.8) is 0 Å². The first kappa shape index (κ1) is 11.3. The minimum absolute atomic E-state index is 0.0207. The summed E-state index contributed by atoms with van der Waals surface area (Å²) in [4.78, 5) is 0. The molecule has 2 aliphatic heterocycles. The molecule has 1 saturated heterocycles. The van der Waals surface area contributed by atoms with E-state index in [1.165, 1.54) is 12.1 Å². The van der Waals surface area contributed by atoms with Gasteiger partial charge >= 0.3 is 6.36 Å². The van der Waals surface area contributed by atoms with Crippen LogP contribution in [0.4, 0.5) is 13.2 Å². The van der Waals surface area contributed by atoms with Crippen molar-refractivity contribution >= 4 is 0 Å². The lowest BCUT2D eigenvalue weighted by molar-refractivity contribution is -0.275. The lowest BCUT2D eigenvalue weighted by Gasteiger charge is -2.42. The van der Waals surface area contributed by atoms with E-state index < -0.39 is 24.1 Å². The van der Waals surface area contributed by atoms with Crippen molar-refractivity contribution in [2.75, 3.05) is 13.1 Å². The molecule has 1 aromatic carbocycles. The van der Waals surface area contributed by atoms with Crippen molar-refractivity contribution < 1.29 is 25.4 Å². The average Bonchev–Trinajstić information content (AvgIpc) is 2.35. The molecule has 1 aromatic rings. The number of halogens is 3. The summed E-state index contributed by atoms with van der Waals surface area (Å²) in [6, 6.07) is 4.00. The highest BCUT2D eigenvalue weighted by Crippen LogP contribution is 2.42. The molecule has 0 aromatic heterocycles. The van der Waals surface area contributed by atoms with E-state index in [1.807, 2.05) is 0 Å². The molecule has 2 aliphatic rings. The molecular weight excluding hydrogens is 271 g/mol. The molecule has 0 radical (unpaired) electrons. The van der Waals surface area contributed by atoms with Crippen LogP contribution in [0.25, 0.3) is 0 Å². The highest BCUT2D eigenvalue weighted by atomic mass is 19.4. The Hall–Kier alpha value is -1.43. The predicted octanol–water partition coefficient (Wildman–Crippen LogP) is 3.03. The van der Waals surface area contributed by atoms with E-state index in [1.54, 1.807) is 0 Å². The third kappa shape index (κ3) is 2.70. The van der Waals surface area contributed by atoms with Crippen LogP contribution in [0.3, 0.4) is 0 Å². The summed E-state index contributed by atoms with van der Waals surface area (Å²) in [7, 11) is 0. The number of fused-ring (bicyclic) bond motifs is 1. The number of benzene rings is 1. The van der Waals surface area contributed by atoms with Crippen LogP contribution < -0.4 is 14.8 Å². The fraction of sp³-hybridized carbons (Fsp3) is 0.571. The molecule has 0 unspecified atom stereocenters. The zero-order valence-electron chi connectivity index (χ0n) is 12.7. The van der Waals surface area contributed by atoms with Gasteiger partial charge in [-0.2, -0.15) is 0 Å². The van der Waals surface area contributed by atoms with Gasteiger partial charge in [0.05, 0.1) is 0 Å². The van der Waals surface area contributed by atoms with Gasteiger partial charge in [-0.25, -0.2) is 0 Å². The maximum atomic E-state index is 12.5. The summed E-state index contributed by atoms with van der Waals surface area (Å²) in [5.74, 6) is -0.390. The summed E-state index contributed by atoms with van der Waals surface area (Å²) in [5, 5.41) is 3.17. The minimum atomic E-state index is -4.87. The lowest BCUT2D eigenvalue weighted by atomic mass is 9.83. The zero-order valence-corrected chi connectivity index (χ0v) is 10.7. The number of ether oxygens (including phenoxy) is 2. The average molecular weight is 289 g/mol. The topological polar surface area (TPSA) is 30.5 Å². The number of hydrogen-bond acceptors (Lipinski definition) is 3. The molecule has 0 bridgehead atoms. The summed E-state index contributed by atoms with van der Waals surface area (Å²) in [6.45, 7) is 1.40. The van der Waals surface area contributed by atoms with Crippen LogP contribution in [-0.2, 0) is 6.37 Å². The molecule has 1 fully saturated rings. The third-order valence-corrected chi connectivity index (χ3v) is 3.64. The molecule has 0 saturated carbocycles. The Kier molecular flexibility index (Phi) is 2.72. The van der Waals surface area contributed by atoms with Gasteiger partial charge in [0, 0.05) is 8.30 Å². The molecule has 0 atom stereocenters. The Morgan fingerprint density at radius 3 is 2.70 bits per heavy atom. The van der Waals surface area contributed by atoms with Crippen molar-refractivity contribution in [3.8, 4) is 11.5 Å². The molecule has 3 nitrogen and oxygen atoms in total. The zero-order chi connectivity index (χ0) is 16.0. The Labute approximate surface area is 117 Å². The van der Waals surface area contributed by atoms with E-state index in [0.29, 0.717) is 25.9 Å². The van der Waals surface area contributed by atoms with Crippen LogP contribution in [0.5, 0.6) is 11.5 Å². The minimum Gasteiger partial charge on any atom is -0.487 e. The molecule has 1 N–H and O–H groups in total. The van der Waals surface area contributed by atoms with Crippen LogP contribution in [0.2, 0.25) is 0 Å². The van der Waals surface area contributed by atoms with E-state index in [4.69, 9.17) is 7.48 Å². The van der Waals surface area contributed by atoms with Gasteiger partial charge in [-0.3, -0.25) is 0 Å².